The number of fused-ring (bicyclic) bond motifs is 1. The van der Waals surface area contributed by atoms with E-state index in [1.807, 2.05) is 36.7 Å². The molecule has 1 aromatic heterocycles. The average molecular weight is 508 g/mol. The van der Waals surface area contributed by atoms with Gasteiger partial charge in [-0.3, -0.25) is 4.79 Å². The number of aromatic nitrogens is 1. The number of halogens is 1. The fraction of sp³-hybridized carbons (Fsp3) is 0.333. The van der Waals surface area contributed by atoms with E-state index in [4.69, 9.17) is 0 Å². The van der Waals surface area contributed by atoms with E-state index in [0.717, 1.165) is 20.3 Å². The van der Waals surface area contributed by atoms with Crippen molar-refractivity contribution >= 4 is 53.4 Å². The Morgan fingerprint density at radius 2 is 1.80 bits per heavy atom. The zero-order chi connectivity index (χ0) is 21.5. The maximum absolute atomic E-state index is 12.8. The van der Waals surface area contributed by atoms with E-state index in [-0.39, 0.29) is 11.8 Å². The number of hydrogen-bond acceptors (Lipinski definition) is 4. The molecule has 0 aliphatic carbocycles. The molecule has 0 spiro atoms. The fourth-order valence-electron chi connectivity index (χ4n) is 3.60. The van der Waals surface area contributed by atoms with Crippen LogP contribution in [0.1, 0.15) is 18.4 Å². The second-order valence-corrected chi connectivity index (χ2v) is 11.4. The van der Waals surface area contributed by atoms with E-state index < -0.39 is 10.0 Å². The summed E-state index contributed by atoms with van der Waals surface area (Å²) >= 11 is 4.94. The van der Waals surface area contributed by atoms with Gasteiger partial charge >= 0.3 is 0 Å². The van der Waals surface area contributed by atoms with Gasteiger partial charge in [0.25, 0.3) is 5.91 Å². The van der Waals surface area contributed by atoms with Gasteiger partial charge in [0, 0.05) is 30.5 Å². The predicted octanol–water partition coefficient (Wildman–Crippen LogP) is 3.84. The van der Waals surface area contributed by atoms with E-state index in [2.05, 4.69) is 20.9 Å². The molecule has 2 aromatic carbocycles. The number of aryl methyl sites for hydroxylation is 2. The van der Waals surface area contributed by atoms with Crippen molar-refractivity contribution in [2.24, 2.45) is 18.0 Å². The van der Waals surface area contributed by atoms with Crippen LogP contribution in [0.3, 0.4) is 0 Å². The number of carbonyl (C=O) groups is 1. The minimum absolute atomic E-state index is 0.177. The molecule has 1 aliphatic rings. The molecule has 6 nitrogen and oxygen atoms in total. The maximum Gasteiger partial charge on any atom is 0.251 e. The van der Waals surface area contributed by atoms with Gasteiger partial charge in [0.1, 0.15) is 0 Å². The first-order valence-electron chi connectivity index (χ1n) is 9.66. The Balaban J connectivity index is 1.49. The largest absolute Gasteiger partial charge is 0.319 e. The van der Waals surface area contributed by atoms with Gasteiger partial charge in [-0.1, -0.05) is 45.0 Å². The van der Waals surface area contributed by atoms with Crippen molar-refractivity contribution in [2.45, 2.75) is 24.7 Å². The average Bonchev–Trinajstić information content (AvgIpc) is 3.03. The first-order chi connectivity index (χ1) is 14.3. The third-order valence-corrected chi connectivity index (χ3v) is 8.94. The molecular weight excluding hydrogens is 486 g/mol. The van der Waals surface area contributed by atoms with Crippen LogP contribution >= 0.6 is 27.3 Å². The van der Waals surface area contributed by atoms with E-state index in [1.54, 1.807) is 24.3 Å². The van der Waals surface area contributed by atoms with Gasteiger partial charge in [-0.05, 0) is 50.1 Å². The van der Waals surface area contributed by atoms with Crippen LogP contribution in [0.2, 0.25) is 0 Å². The topological polar surface area (TPSA) is 71.7 Å². The lowest BCUT2D eigenvalue weighted by Crippen LogP contribution is -2.40. The number of piperidine rings is 1. The summed E-state index contributed by atoms with van der Waals surface area (Å²) in [5, 5.41) is 0. The van der Waals surface area contributed by atoms with Crippen molar-refractivity contribution in [3.63, 3.8) is 0 Å². The van der Waals surface area contributed by atoms with Gasteiger partial charge in [-0.15, -0.1) is 0 Å². The summed E-state index contributed by atoms with van der Waals surface area (Å²) in [6, 6.07) is 12.8. The minimum atomic E-state index is -3.53. The Morgan fingerprint density at radius 1 is 1.13 bits per heavy atom. The van der Waals surface area contributed by atoms with Gasteiger partial charge in [-0.2, -0.15) is 9.30 Å². The Labute approximate surface area is 188 Å². The highest BCUT2D eigenvalue weighted by Gasteiger charge is 2.32. The van der Waals surface area contributed by atoms with Gasteiger partial charge < -0.3 is 4.57 Å². The van der Waals surface area contributed by atoms with Crippen molar-refractivity contribution < 1.29 is 13.2 Å². The van der Waals surface area contributed by atoms with Crippen LogP contribution in [0.15, 0.2) is 56.8 Å². The van der Waals surface area contributed by atoms with Gasteiger partial charge in [0.05, 0.1) is 15.1 Å². The van der Waals surface area contributed by atoms with Crippen molar-refractivity contribution in [3.8, 4) is 0 Å². The predicted molar refractivity (Wildman–Crippen MR) is 122 cm³/mol. The van der Waals surface area contributed by atoms with Gasteiger partial charge in [0.2, 0.25) is 10.0 Å². The summed E-state index contributed by atoms with van der Waals surface area (Å²) in [4.78, 5) is 18.1. The number of benzene rings is 2. The molecule has 3 aromatic rings. The first-order valence-corrected chi connectivity index (χ1v) is 12.7. The molecule has 0 N–H and O–H groups in total. The maximum atomic E-state index is 12.8. The number of carbonyl (C=O) groups excluding carboxylic acids is 1. The molecule has 30 heavy (non-hydrogen) atoms. The summed E-state index contributed by atoms with van der Waals surface area (Å²) in [6.07, 6.45) is 0.959. The number of nitrogens with zero attached hydrogens (tertiary/aromatic N) is 3. The minimum Gasteiger partial charge on any atom is -0.319 e. The van der Waals surface area contributed by atoms with Crippen LogP contribution in [0, 0.1) is 12.8 Å². The molecule has 158 valence electrons. The molecule has 0 bridgehead atoms. The van der Waals surface area contributed by atoms with Crippen LogP contribution in [-0.2, 0) is 21.9 Å². The standard InChI is InChI=1S/C21H22BrN3O3S2/c1-14-3-6-17(7-4-14)30(27,28)25-11-9-15(10-12-25)20(26)23-21-24(2)18-8-5-16(22)13-19(18)29-21/h3-8,13,15H,9-12H2,1-2H3. The van der Waals surface area contributed by atoms with E-state index in [9.17, 15) is 13.2 Å². The number of thiazole rings is 1. The Hall–Kier alpha value is -1.81. The lowest BCUT2D eigenvalue weighted by Gasteiger charge is -2.29. The van der Waals surface area contributed by atoms with Crippen LogP contribution in [0.25, 0.3) is 10.2 Å². The quantitative estimate of drug-likeness (QED) is 0.540. The highest BCUT2D eigenvalue weighted by atomic mass is 79.9. The van der Waals surface area contributed by atoms with Crippen molar-refractivity contribution in [3.05, 3.63) is 57.3 Å². The molecule has 0 radical (unpaired) electrons. The molecule has 1 aliphatic heterocycles. The van der Waals surface area contributed by atoms with E-state index >= 15 is 0 Å². The highest BCUT2D eigenvalue weighted by molar-refractivity contribution is 9.10. The SMILES string of the molecule is Cc1ccc(S(=O)(=O)N2CCC(C(=O)N=c3sc4cc(Br)ccc4n3C)CC2)cc1. The molecule has 0 atom stereocenters. The third-order valence-electron chi connectivity index (χ3n) is 5.44. The van der Waals surface area contributed by atoms with E-state index in [1.165, 1.54) is 15.6 Å². The van der Waals surface area contributed by atoms with Crippen molar-refractivity contribution in [1.29, 1.82) is 0 Å². The Bertz CT molecular complexity index is 1270. The normalized spacial score (nSPS) is 17.0. The highest BCUT2D eigenvalue weighted by Crippen LogP contribution is 2.25. The van der Waals surface area contributed by atoms with Crippen molar-refractivity contribution in [1.82, 2.24) is 8.87 Å². The number of hydrogen-bond donors (Lipinski definition) is 0. The van der Waals surface area contributed by atoms with E-state index in [0.29, 0.717) is 35.6 Å². The molecular formula is C21H22BrN3O3S2. The zero-order valence-corrected chi connectivity index (χ0v) is 19.9. The van der Waals surface area contributed by atoms with Crippen molar-refractivity contribution in [2.75, 3.05) is 13.1 Å². The molecule has 2 heterocycles. The second-order valence-electron chi connectivity index (χ2n) is 7.50. The first kappa shape index (κ1) is 21.4. The summed E-state index contributed by atoms with van der Waals surface area (Å²) in [5.74, 6) is -0.435. The van der Waals surface area contributed by atoms with Crippen LogP contribution in [0.4, 0.5) is 0 Å². The zero-order valence-electron chi connectivity index (χ0n) is 16.7. The molecule has 9 heteroatoms. The number of sulfonamides is 1. The molecule has 1 fully saturated rings. The molecule has 4 rings (SSSR count). The summed E-state index contributed by atoms with van der Waals surface area (Å²) in [7, 11) is -1.63. The fourth-order valence-corrected chi connectivity index (χ4v) is 6.65. The lowest BCUT2D eigenvalue weighted by atomic mass is 9.98. The summed E-state index contributed by atoms with van der Waals surface area (Å²) in [5.41, 5.74) is 2.04. The molecule has 1 saturated heterocycles. The lowest BCUT2D eigenvalue weighted by molar-refractivity contribution is -0.122. The molecule has 0 saturated carbocycles. The number of amides is 1. The van der Waals surface area contributed by atoms with Gasteiger partial charge in [0.15, 0.2) is 4.80 Å². The molecule has 1 amide bonds. The summed E-state index contributed by atoms with van der Waals surface area (Å²) < 4.78 is 31.1. The van der Waals surface area contributed by atoms with Crippen LogP contribution in [-0.4, -0.2) is 36.3 Å². The van der Waals surface area contributed by atoms with Crippen LogP contribution < -0.4 is 4.80 Å². The third kappa shape index (κ3) is 4.16. The summed E-state index contributed by atoms with van der Waals surface area (Å²) in [6.45, 7) is 2.58. The van der Waals surface area contributed by atoms with Crippen LogP contribution in [0.5, 0.6) is 0 Å². The monoisotopic (exact) mass is 507 g/mol. The Kier molecular flexibility index (Phi) is 5.98. The van der Waals surface area contributed by atoms with Gasteiger partial charge in [-0.25, -0.2) is 8.42 Å². The Morgan fingerprint density at radius 3 is 2.47 bits per heavy atom. The second kappa shape index (κ2) is 8.37. The molecule has 0 unspecified atom stereocenters. The number of rotatable bonds is 3. The smallest absolute Gasteiger partial charge is 0.251 e.